The second-order valence-electron chi connectivity index (χ2n) is 7.20. The van der Waals surface area contributed by atoms with E-state index in [9.17, 15) is 13.6 Å². The van der Waals surface area contributed by atoms with Crippen LogP contribution in [-0.2, 0) is 9.47 Å². The van der Waals surface area contributed by atoms with E-state index in [4.69, 9.17) is 4.74 Å². The Labute approximate surface area is 118 Å². The van der Waals surface area contributed by atoms with Crippen LogP contribution in [0.3, 0.4) is 0 Å². The zero-order valence-corrected chi connectivity index (χ0v) is 12.0. The highest BCUT2D eigenvalue weighted by atomic mass is 19.3. The second-order valence-corrected chi connectivity index (χ2v) is 7.20. The van der Waals surface area contributed by atoms with Crippen molar-refractivity contribution in [2.75, 3.05) is 6.61 Å². The molecule has 0 heterocycles. The van der Waals surface area contributed by atoms with E-state index in [0.29, 0.717) is 11.8 Å². The van der Waals surface area contributed by atoms with E-state index in [2.05, 4.69) is 4.74 Å². The Morgan fingerprint density at radius 3 is 2.10 bits per heavy atom. The summed E-state index contributed by atoms with van der Waals surface area (Å²) in [4.78, 5) is 11.7. The Morgan fingerprint density at radius 2 is 1.65 bits per heavy atom. The number of carbonyl (C=O) groups excluding carboxylic acids is 1. The summed E-state index contributed by atoms with van der Waals surface area (Å²) in [6.45, 7) is 1.78. The topological polar surface area (TPSA) is 35.5 Å². The molecule has 4 aliphatic carbocycles. The number of carbonyl (C=O) groups is 1. The van der Waals surface area contributed by atoms with Gasteiger partial charge in [0.25, 0.3) is 5.92 Å². The zero-order valence-electron chi connectivity index (χ0n) is 12.0. The third-order valence-corrected chi connectivity index (χ3v) is 5.51. The van der Waals surface area contributed by atoms with Gasteiger partial charge in [-0.15, -0.1) is 0 Å². The lowest BCUT2D eigenvalue weighted by atomic mass is 9.50. The van der Waals surface area contributed by atoms with Crippen molar-refractivity contribution in [3.63, 3.8) is 0 Å². The zero-order chi connectivity index (χ0) is 14.5. The van der Waals surface area contributed by atoms with Crippen molar-refractivity contribution < 1.29 is 23.0 Å². The lowest BCUT2D eigenvalue weighted by Crippen LogP contribution is -2.58. The highest BCUT2D eigenvalue weighted by molar-refractivity contribution is 5.60. The van der Waals surface area contributed by atoms with Gasteiger partial charge in [0.2, 0.25) is 0 Å². The quantitative estimate of drug-likeness (QED) is 0.736. The Hall–Kier alpha value is -0.870. The molecule has 0 aromatic rings. The monoisotopic (exact) mass is 288 g/mol. The first-order valence-electron chi connectivity index (χ1n) is 7.50. The molecular formula is C15H22F2O3. The minimum Gasteiger partial charge on any atom is -0.428 e. The maximum absolute atomic E-state index is 12.7. The summed E-state index contributed by atoms with van der Waals surface area (Å²) in [6, 6.07) is 0. The van der Waals surface area contributed by atoms with Gasteiger partial charge in [-0.05, 0) is 62.7 Å². The molecule has 4 rings (SSSR count). The van der Waals surface area contributed by atoms with Crippen molar-refractivity contribution in [3.05, 3.63) is 0 Å². The number of alkyl halides is 2. The van der Waals surface area contributed by atoms with E-state index >= 15 is 0 Å². The van der Waals surface area contributed by atoms with E-state index in [0.717, 1.165) is 44.4 Å². The maximum atomic E-state index is 12.7. The summed E-state index contributed by atoms with van der Waals surface area (Å²) in [5.74, 6) is -0.735. The summed E-state index contributed by atoms with van der Waals surface area (Å²) in [5.41, 5.74) is -0.520. The number of rotatable bonds is 3. The molecule has 4 aliphatic rings. The molecule has 0 unspecified atom stereocenters. The third kappa shape index (κ3) is 2.51. The predicted molar refractivity (Wildman–Crippen MR) is 68.5 cm³/mol. The summed E-state index contributed by atoms with van der Waals surface area (Å²) >= 11 is 0. The molecule has 0 saturated heterocycles. The van der Waals surface area contributed by atoms with Gasteiger partial charge >= 0.3 is 6.16 Å². The summed E-state index contributed by atoms with van der Waals surface area (Å²) < 4.78 is 35.5. The smallest absolute Gasteiger partial charge is 0.428 e. The molecule has 0 aromatic carbocycles. The molecule has 0 aliphatic heterocycles. The van der Waals surface area contributed by atoms with Crippen molar-refractivity contribution in [3.8, 4) is 0 Å². The SMILES string of the molecule is CC(F)(F)COC(=O)OC1(C)C2CC3CC(C2)CC1C3. The van der Waals surface area contributed by atoms with Crippen LogP contribution in [0.15, 0.2) is 0 Å². The van der Waals surface area contributed by atoms with Crippen LogP contribution < -0.4 is 0 Å². The Morgan fingerprint density at radius 1 is 1.15 bits per heavy atom. The lowest BCUT2D eigenvalue weighted by molar-refractivity contribution is -0.178. The van der Waals surface area contributed by atoms with Gasteiger partial charge in [-0.2, -0.15) is 0 Å². The highest BCUT2D eigenvalue weighted by Gasteiger charge is 2.57. The first kappa shape index (κ1) is 14.1. The van der Waals surface area contributed by atoms with Crippen LogP contribution in [0, 0.1) is 23.7 Å². The molecule has 0 radical (unpaired) electrons. The van der Waals surface area contributed by atoms with Crippen LogP contribution in [0.4, 0.5) is 13.6 Å². The van der Waals surface area contributed by atoms with Gasteiger partial charge in [-0.1, -0.05) is 0 Å². The molecule has 114 valence electrons. The van der Waals surface area contributed by atoms with Crippen LogP contribution in [0.25, 0.3) is 0 Å². The first-order valence-corrected chi connectivity index (χ1v) is 7.50. The lowest BCUT2D eigenvalue weighted by Gasteiger charge is -2.58. The fraction of sp³-hybridized carbons (Fsp3) is 0.933. The van der Waals surface area contributed by atoms with Crippen molar-refractivity contribution >= 4 is 6.16 Å². The molecule has 0 atom stereocenters. The van der Waals surface area contributed by atoms with E-state index in [1.165, 1.54) is 6.42 Å². The number of hydrogen-bond donors (Lipinski definition) is 0. The Kier molecular flexibility index (Phi) is 3.22. The van der Waals surface area contributed by atoms with Gasteiger partial charge in [-0.3, -0.25) is 0 Å². The van der Waals surface area contributed by atoms with E-state index < -0.39 is 24.3 Å². The average molecular weight is 288 g/mol. The largest absolute Gasteiger partial charge is 0.509 e. The van der Waals surface area contributed by atoms with Gasteiger partial charge < -0.3 is 9.47 Å². The Bertz CT molecular complexity index is 374. The van der Waals surface area contributed by atoms with Gasteiger partial charge in [0, 0.05) is 6.92 Å². The normalized spacial score (nSPS) is 42.6. The molecule has 0 spiro atoms. The van der Waals surface area contributed by atoms with E-state index in [1.54, 1.807) is 0 Å². The van der Waals surface area contributed by atoms with Crippen molar-refractivity contribution in [1.82, 2.24) is 0 Å². The molecule has 0 amide bonds. The van der Waals surface area contributed by atoms with Gasteiger partial charge in [0.1, 0.15) is 5.60 Å². The molecule has 3 nitrogen and oxygen atoms in total. The minimum absolute atomic E-state index is 0.369. The van der Waals surface area contributed by atoms with Crippen molar-refractivity contribution in [2.24, 2.45) is 23.7 Å². The molecule has 4 fully saturated rings. The fourth-order valence-corrected chi connectivity index (χ4v) is 4.68. The number of hydrogen-bond acceptors (Lipinski definition) is 3. The van der Waals surface area contributed by atoms with E-state index in [-0.39, 0.29) is 0 Å². The van der Waals surface area contributed by atoms with Crippen molar-refractivity contribution in [2.45, 2.75) is 57.5 Å². The summed E-state index contributed by atoms with van der Waals surface area (Å²) in [5, 5.41) is 0. The van der Waals surface area contributed by atoms with Gasteiger partial charge in [0.15, 0.2) is 6.61 Å². The van der Waals surface area contributed by atoms with Crippen LogP contribution >= 0.6 is 0 Å². The average Bonchev–Trinajstić information content (AvgIpc) is 2.32. The van der Waals surface area contributed by atoms with Crippen LogP contribution in [0.1, 0.15) is 46.0 Å². The molecule has 0 N–H and O–H groups in total. The van der Waals surface area contributed by atoms with Crippen LogP contribution in [0.5, 0.6) is 0 Å². The number of ether oxygens (including phenoxy) is 2. The summed E-state index contributed by atoms with van der Waals surface area (Å²) in [6.07, 6.45) is 4.76. The molecule has 5 heteroatoms. The fourth-order valence-electron chi connectivity index (χ4n) is 4.68. The minimum atomic E-state index is -3.01. The van der Waals surface area contributed by atoms with Crippen LogP contribution in [-0.4, -0.2) is 24.3 Å². The molecule has 20 heavy (non-hydrogen) atoms. The first-order chi connectivity index (χ1) is 9.26. The summed E-state index contributed by atoms with van der Waals surface area (Å²) in [7, 11) is 0. The standard InChI is InChI=1S/C15H22F2O3/c1-14(16,17)8-19-13(18)20-15(2)11-4-9-3-10(6-11)7-12(15)5-9/h9-12H,3-8H2,1-2H3. The molecule has 4 bridgehead atoms. The Balaban J connectivity index is 1.63. The van der Waals surface area contributed by atoms with Gasteiger partial charge in [-0.25, -0.2) is 13.6 Å². The highest BCUT2D eigenvalue weighted by Crippen LogP contribution is 2.59. The molecule has 4 saturated carbocycles. The van der Waals surface area contributed by atoms with Crippen LogP contribution in [0.2, 0.25) is 0 Å². The van der Waals surface area contributed by atoms with Crippen molar-refractivity contribution in [1.29, 1.82) is 0 Å². The maximum Gasteiger partial charge on any atom is 0.509 e. The molecular weight excluding hydrogens is 266 g/mol. The number of halogens is 2. The second kappa shape index (κ2) is 4.57. The van der Waals surface area contributed by atoms with Gasteiger partial charge in [0.05, 0.1) is 0 Å². The predicted octanol–water partition coefficient (Wildman–Crippen LogP) is 4.01. The molecule has 0 aromatic heterocycles. The third-order valence-electron chi connectivity index (χ3n) is 5.51. The van der Waals surface area contributed by atoms with E-state index in [1.807, 2.05) is 6.92 Å².